The van der Waals surface area contributed by atoms with Crippen molar-refractivity contribution < 1.29 is 9.47 Å². The molecule has 0 fully saturated rings. The second-order valence-corrected chi connectivity index (χ2v) is 5.28. The van der Waals surface area contributed by atoms with Crippen molar-refractivity contribution in [3.05, 3.63) is 29.8 Å². The quantitative estimate of drug-likeness (QED) is 0.271. The Bertz CT molecular complexity index is 453. The number of methoxy groups -OCH3 is 1. The Morgan fingerprint density at radius 3 is 2.70 bits per heavy atom. The van der Waals surface area contributed by atoms with Crippen LogP contribution in [0.3, 0.4) is 0 Å². The highest BCUT2D eigenvalue weighted by atomic mass is 127. The molecule has 0 heterocycles. The van der Waals surface area contributed by atoms with Crippen LogP contribution >= 0.6 is 24.0 Å². The van der Waals surface area contributed by atoms with Crippen LogP contribution in [0.4, 0.5) is 0 Å². The van der Waals surface area contributed by atoms with Gasteiger partial charge in [0.1, 0.15) is 5.75 Å². The number of benzene rings is 1. The lowest BCUT2D eigenvalue weighted by Crippen LogP contribution is -2.38. The van der Waals surface area contributed by atoms with E-state index in [9.17, 15) is 0 Å². The molecule has 0 atom stereocenters. The van der Waals surface area contributed by atoms with Gasteiger partial charge in [-0.25, -0.2) is 4.99 Å². The third-order valence-electron chi connectivity index (χ3n) is 2.85. The molecule has 1 aromatic rings. The van der Waals surface area contributed by atoms with Gasteiger partial charge in [-0.3, -0.25) is 0 Å². The number of halogens is 1. The second kappa shape index (κ2) is 13.4. The zero-order chi connectivity index (χ0) is 16.2. The van der Waals surface area contributed by atoms with Crippen molar-refractivity contribution in [1.29, 1.82) is 0 Å². The van der Waals surface area contributed by atoms with Gasteiger partial charge in [0.05, 0.1) is 12.6 Å². The van der Waals surface area contributed by atoms with Gasteiger partial charge in [0.2, 0.25) is 0 Å². The van der Waals surface area contributed by atoms with Crippen molar-refractivity contribution in [3.63, 3.8) is 0 Å². The standard InChI is InChI=1S/C17H29N3O2.HI/c1-5-18-17(19-10-7-11-21-4)20-13-15-8-6-9-16(12-15)22-14(2)3;/h6,8-9,12,14H,5,7,10-11,13H2,1-4H3,(H2,18,19,20);1H. The lowest BCUT2D eigenvalue weighted by Gasteiger charge is -2.12. The third-order valence-corrected chi connectivity index (χ3v) is 2.85. The van der Waals surface area contributed by atoms with Crippen molar-refractivity contribution in [1.82, 2.24) is 10.6 Å². The van der Waals surface area contributed by atoms with Gasteiger partial charge in [-0.1, -0.05) is 12.1 Å². The van der Waals surface area contributed by atoms with E-state index in [-0.39, 0.29) is 30.1 Å². The van der Waals surface area contributed by atoms with E-state index in [0.717, 1.165) is 43.4 Å². The first-order chi connectivity index (χ1) is 10.7. The molecule has 0 radical (unpaired) electrons. The number of guanidine groups is 1. The summed E-state index contributed by atoms with van der Waals surface area (Å²) >= 11 is 0. The van der Waals surface area contributed by atoms with Crippen molar-refractivity contribution >= 4 is 29.9 Å². The minimum absolute atomic E-state index is 0. The molecule has 2 N–H and O–H groups in total. The van der Waals surface area contributed by atoms with Gasteiger partial charge in [-0.05, 0) is 44.9 Å². The van der Waals surface area contributed by atoms with Crippen molar-refractivity contribution in [2.75, 3.05) is 26.8 Å². The van der Waals surface area contributed by atoms with E-state index in [1.807, 2.05) is 32.0 Å². The lowest BCUT2D eigenvalue weighted by molar-refractivity contribution is 0.195. The summed E-state index contributed by atoms with van der Waals surface area (Å²) in [6, 6.07) is 8.08. The van der Waals surface area contributed by atoms with Crippen LogP contribution in [-0.4, -0.2) is 38.9 Å². The fourth-order valence-corrected chi connectivity index (χ4v) is 1.92. The molecule has 0 saturated heterocycles. The van der Waals surface area contributed by atoms with E-state index in [1.165, 1.54) is 0 Å². The molecule has 0 amide bonds. The van der Waals surface area contributed by atoms with Crippen LogP contribution in [0, 0.1) is 0 Å². The molecule has 0 aliphatic heterocycles. The minimum Gasteiger partial charge on any atom is -0.491 e. The van der Waals surface area contributed by atoms with Gasteiger partial charge in [0.25, 0.3) is 0 Å². The number of nitrogens with zero attached hydrogens (tertiary/aromatic N) is 1. The minimum atomic E-state index is 0. The molecular formula is C17H30IN3O2. The maximum atomic E-state index is 5.71. The maximum absolute atomic E-state index is 5.71. The zero-order valence-corrected chi connectivity index (χ0v) is 16.9. The number of hydrogen-bond acceptors (Lipinski definition) is 3. The summed E-state index contributed by atoms with van der Waals surface area (Å²) in [4.78, 5) is 4.60. The smallest absolute Gasteiger partial charge is 0.191 e. The zero-order valence-electron chi connectivity index (χ0n) is 14.6. The van der Waals surface area contributed by atoms with Gasteiger partial charge in [-0.2, -0.15) is 0 Å². The summed E-state index contributed by atoms with van der Waals surface area (Å²) in [5, 5.41) is 6.54. The Hall–Kier alpha value is -1.02. The first-order valence-electron chi connectivity index (χ1n) is 7.92. The van der Waals surface area contributed by atoms with Crippen LogP contribution < -0.4 is 15.4 Å². The number of ether oxygens (including phenoxy) is 2. The van der Waals surface area contributed by atoms with Crippen LogP contribution in [0.1, 0.15) is 32.8 Å². The predicted molar refractivity (Wildman–Crippen MR) is 107 cm³/mol. The number of hydrogen-bond donors (Lipinski definition) is 2. The first kappa shape index (κ1) is 22.0. The summed E-state index contributed by atoms with van der Waals surface area (Å²) < 4.78 is 10.8. The normalized spacial score (nSPS) is 11.1. The van der Waals surface area contributed by atoms with Gasteiger partial charge in [0.15, 0.2) is 5.96 Å². The molecule has 1 rings (SSSR count). The molecule has 0 aliphatic rings. The summed E-state index contributed by atoms with van der Waals surface area (Å²) in [6.45, 7) is 9.16. The van der Waals surface area contributed by atoms with E-state index in [0.29, 0.717) is 6.54 Å². The van der Waals surface area contributed by atoms with Crippen LogP contribution in [0.15, 0.2) is 29.3 Å². The summed E-state index contributed by atoms with van der Waals surface area (Å²) in [5.74, 6) is 1.72. The highest BCUT2D eigenvalue weighted by molar-refractivity contribution is 14.0. The molecule has 132 valence electrons. The van der Waals surface area contributed by atoms with Crippen LogP contribution in [-0.2, 0) is 11.3 Å². The monoisotopic (exact) mass is 435 g/mol. The summed E-state index contributed by atoms with van der Waals surface area (Å²) in [5.41, 5.74) is 1.13. The predicted octanol–water partition coefficient (Wildman–Crippen LogP) is 3.18. The van der Waals surface area contributed by atoms with E-state index in [2.05, 4.69) is 28.6 Å². The number of nitrogens with one attached hydrogen (secondary N) is 2. The van der Waals surface area contributed by atoms with Crippen molar-refractivity contribution in [2.45, 2.75) is 39.8 Å². The average Bonchev–Trinajstić information content (AvgIpc) is 2.49. The maximum Gasteiger partial charge on any atom is 0.191 e. The fraction of sp³-hybridized carbons (Fsp3) is 0.588. The van der Waals surface area contributed by atoms with Gasteiger partial charge >= 0.3 is 0 Å². The van der Waals surface area contributed by atoms with E-state index in [4.69, 9.17) is 9.47 Å². The van der Waals surface area contributed by atoms with Crippen LogP contribution in [0.5, 0.6) is 5.75 Å². The van der Waals surface area contributed by atoms with Gasteiger partial charge in [0, 0.05) is 26.8 Å². The Morgan fingerprint density at radius 2 is 2.04 bits per heavy atom. The molecular weight excluding hydrogens is 405 g/mol. The van der Waals surface area contributed by atoms with E-state index in [1.54, 1.807) is 7.11 Å². The molecule has 0 saturated carbocycles. The average molecular weight is 435 g/mol. The molecule has 0 aromatic heterocycles. The topological polar surface area (TPSA) is 54.9 Å². The van der Waals surface area contributed by atoms with E-state index < -0.39 is 0 Å². The molecule has 23 heavy (non-hydrogen) atoms. The lowest BCUT2D eigenvalue weighted by atomic mass is 10.2. The Morgan fingerprint density at radius 1 is 1.26 bits per heavy atom. The Balaban J connectivity index is 0.00000484. The fourth-order valence-electron chi connectivity index (χ4n) is 1.92. The molecule has 0 aliphatic carbocycles. The SMILES string of the molecule is CCNC(=NCc1cccc(OC(C)C)c1)NCCCOC.I. The molecule has 6 heteroatoms. The third kappa shape index (κ3) is 10.4. The van der Waals surface area contributed by atoms with Crippen LogP contribution in [0.2, 0.25) is 0 Å². The van der Waals surface area contributed by atoms with Crippen LogP contribution in [0.25, 0.3) is 0 Å². The first-order valence-corrected chi connectivity index (χ1v) is 7.92. The molecule has 0 spiro atoms. The highest BCUT2D eigenvalue weighted by Gasteiger charge is 2.01. The molecule has 1 aromatic carbocycles. The Labute approximate surface area is 157 Å². The van der Waals surface area contributed by atoms with E-state index >= 15 is 0 Å². The van der Waals surface area contributed by atoms with Gasteiger partial charge < -0.3 is 20.1 Å². The second-order valence-electron chi connectivity index (χ2n) is 5.28. The molecule has 5 nitrogen and oxygen atoms in total. The molecule has 0 bridgehead atoms. The number of rotatable bonds is 9. The summed E-state index contributed by atoms with van der Waals surface area (Å²) in [7, 11) is 1.71. The number of aliphatic imine (C=N–C) groups is 1. The largest absolute Gasteiger partial charge is 0.491 e. The molecule has 0 unspecified atom stereocenters. The summed E-state index contributed by atoms with van der Waals surface area (Å²) in [6.07, 6.45) is 1.14. The van der Waals surface area contributed by atoms with Crippen molar-refractivity contribution in [2.24, 2.45) is 4.99 Å². The van der Waals surface area contributed by atoms with Crippen molar-refractivity contribution in [3.8, 4) is 5.75 Å². The highest BCUT2D eigenvalue weighted by Crippen LogP contribution is 2.15. The Kier molecular flexibility index (Phi) is 12.8. The van der Waals surface area contributed by atoms with Gasteiger partial charge in [-0.15, -0.1) is 24.0 Å².